The Morgan fingerprint density at radius 3 is 2.94 bits per heavy atom. The maximum Gasteiger partial charge on any atom is 0.410 e. The van der Waals surface area contributed by atoms with Crippen LogP contribution < -0.4 is 5.73 Å². The Balaban J connectivity index is 2.13. The number of carbonyl (C=O) groups is 1. The van der Waals surface area contributed by atoms with E-state index in [0.717, 1.165) is 11.3 Å². The second kappa shape index (κ2) is 4.57. The summed E-state index contributed by atoms with van der Waals surface area (Å²) in [5, 5.41) is 0. The number of hydrogen-bond acceptors (Lipinski definition) is 4. The SMILES string of the molecule is CC(C)(C)OC(=O)N1Cc2ncccc2[C@@H](N)C1. The first-order valence-corrected chi connectivity index (χ1v) is 6.04. The van der Waals surface area contributed by atoms with Crippen LogP contribution in [-0.4, -0.2) is 28.1 Å². The van der Waals surface area contributed by atoms with Crippen LogP contribution in [0.4, 0.5) is 4.79 Å². The lowest BCUT2D eigenvalue weighted by atomic mass is 10.0. The molecule has 0 aliphatic carbocycles. The van der Waals surface area contributed by atoms with E-state index in [9.17, 15) is 4.79 Å². The first-order chi connectivity index (χ1) is 8.37. The smallest absolute Gasteiger partial charge is 0.410 e. The van der Waals surface area contributed by atoms with Gasteiger partial charge in [0.2, 0.25) is 0 Å². The Morgan fingerprint density at radius 2 is 2.28 bits per heavy atom. The molecule has 18 heavy (non-hydrogen) atoms. The highest BCUT2D eigenvalue weighted by molar-refractivity contribution is 5.68. The van der Waals surface area contributed by atoms with E-state index in [2.05, 4.69) is 4.98 Å². The number of amides is 1. The molecule has 1 aliphatic rings. The van der Waals surface area contributed by atoms with E-state index in [1.165, 1.54) is 0 Å². The lowest BCUT2D eigenvalue weighted by Crippen LogP contribution is -2.43. The fourth-order valence-corrected chi connectivity index (χ4v) is 1.97. The maximum atomic E-state index is 12.0. The average Bonchev–Trinajstić information content (AvgIpc) is 2.26. The van der Waals surface area contributed by atoms with Crippen molar-refractivity contribution >= 4 is 6.09 Å². The van der Waals surface area contributed by atoms with Crippen molar-refractivity contribution in [1.29, 1.82) is 0 Å². The standard InChI is InChI=1S/C13H19N3O2/c1-13(2,3)18-12(17)16-7-10(14)9-5-4-6-15-11(9)8-16/h4-6,10H,7-8,14H2,1-3H3/t10-/m0/s1. The number of carbonyl (C=O) groups excluding carboxylic acids is 1. The molecule has 1 amide bonds. The summed E-state index contributed by atoms with van der Waals surface area (Å²) in [4.78, 5) is 17.9. The molecule has 0 spiro atoms. The zero-order valence-electron chi connectivity index (χ0n) is 11.0. The Labute approximate surface area is 107 Å². The second-order valence-corrected chi connectivity index (χ2v) is 5.51. The highest BCUT2D eigenvalue weighted by atomic mass is 16.6. The van der Waals surface area contributed by atoms with E-state index in [1.807, 2.05) is 32.9 Å². The van der Waals surface area contributed by atoms with Gasteiger partial charge in [0.15, 0.2) is 0 Å². The molecule has 1 aliphatic heterocycles. The van der Waals surface area contributed by atoms with Crippen LogP contribution >= 0.6 is 0 Å². The summed E-state index contributed by atoms with van der Waals surface area (Å²) in [5.74, 6) is 0. The number of fused-ring (bicyclic) bond motifs is 1. The first-order valence-electron chi connectivity index (χ1n) is 6.04. The summed E-state index contributed by atoms with van der Waals surface area (Å²) < 4.78 is 5.34. The van der Waals surface area contributed by atoms with Gasteiger partial charge in [-0.25, -0.2) is 4.79 Å². The van der Waals surface area contributed by atoms with Crippen molar-refractivity contribution in [2.24, 2.45) is 5.73 Å². The molecule has 0 aromatic carbocycles. The van der Waals surface area contributed by atoms with E-state index in [4.69, 9.17) is 10.5 Å². The van der Waals surface area contributed by atoms with Crippen LogP contribution in [0.1, 0.15) is 38.1 Å². The fraction of sp³-hybridized carbons (Fsp3) is 0.538. The molecule has 1 atom stereocenters. The number of rotatable bonds is 0. The minimum atomic E-state index is -0.494. The molecule has 98 valence electrons. The number of nitrogens with zero attached hydrogens (tertiary/aromatic N) is 2. The molecular formula is C13H19N3O2. The molecule has 2 heterocycles. The van der Waals surface area contributed by atoms with Gasteiger partial charge < -0.3 is 15.4 Å². The molecule has 0 radical (unpaired) electrons. The minimum Gasteiger partial charge on any atom is -0.444 e. The van der Waals surface area contributed by atoms with Crippen LogP contribution in [0.15, 0.2) is 18.3 Å². The van der Waals surface area contributed by atoms with E-state index in [0.29, 0.717) is 13.1 Å². The summed E-state index contributed by atoms with van der Waals surface area (Å²) in [6, 6.07) is 3.62. The molecule has 5 heteroatoms. The van der Waals surface area contributed by atoms with Crippen molar-refractivity contribution in [2.45, 2.75) is 39.0 Å². The van der Waals surface area contributed by atoms with Crippen molar-refractivity contribution in [1.82, 2.24) is 9.88 Å². The van der Waals surface area contributed by atoms with Crippen LogP contribution in [0.2, 0.25) is 0 Å². The van der Waals surface area contributed by atoms with Gasteiger partial charge in [0, 0.05) is 18.8 Å². The van der Waals surface area contributed by atoms with Gasteiger partial charge in [-0.05, 0) is 32.4 Å². The van der Waals surface area contributed by atoms with E-state index in [-0.39, 0.29) is 12.1 Å². The molecule has 0 bridgehead atoms. The molecule has 0 unspecified atom stereocenters. The van der Waals surface area contributed by atoms with Crippen LogP contribution in [0, 0.1) is 0 Å². The van der Waals surface area contributed by atoms with Gasteiger partial charge in [0.25, 0.3) is 0 Å². The summed E-state index contributed by atoms with van der Waals surface area (Å²) in [5.41, 5.74) is 7.41. The predicted molar refractivity (Wildman–Crippen MR) is 67.8 cm³/mol. The van der Waals surface area contributed by atoms with Crippen LogP contribution in [0.5, 0.6) is 0 Å². The third-order valence-electron chi connectivity index (χ3n) is 2.73. The van der Waals surface area contributed by atoms with Crippen LogP contribution in [0.25, 0.3) is 0 Å². The van der Waals surface area contributed by atoms with Gasteiger partial charge in [0.1, 0.15) is 5.60 Å². The Kier molecular flexibility index (Phi) is 3.26. The average molecular weight is 249 g/mol. The molecule has 0 saturated carbocycles. The van der Waals surface area contributed by atoms with Gasteiger partial charge in [0.05, 0.1) is 12.2 Å². The number of pyridine rings is 1. The highest BCUT2D eigenvalue weighted by Gasteiger charge is 2.29. The number of hydrogen-bond donors (Lipinski definition) is 1. The molecule has 1 aromatic rings. The zero-order valence-corrected chi connectivity index (χ0v) is 11.0. The van der Waals surface area contributed by atoms with Crippen LogP contribution in [-0.2, 0) is 11.3 Å². The third kappa shape index (κ3) is 2.79. The quantitative estimate of drug-likeness (QED) is 0.761. The molecule has 1 aromatic heterocycles. The lowest BCUT2D eigenvalue weighted by Gasteiger charge is -2.33. The maximum absolute atomic E-state index is 12.0. The summed E-state index contributed by atoms with van der Waals surface area (Å²) >= 11 is 0. The van der Waals surface area contributed by atoms with Gasteiger partial charge in [-0.3, -0.25) is 4.98 Å². The minimum absolute atomic E-state index is 0.199. The summed E-state index contributed by atoms with van der Waals surface area (Å²) in [7, 11) is 0. The lowest BCUT2D eigenvalue weighted by molar-refractivity contribution is 0.0203. The van der Waals surface area contributed by atoms with Crippen molar-refractivity contribution in [2.75, 3.05) is 6.54 Å². The molecule has 0 fully saturated rings. The van der Waals surface area contributed by atoms with Crippen molar-refractivity contribution < 1.29 is 9.53 Å². The molecule has 0 saturated heterocycles. The second-order valence-electron chi connectivity index (χ2n) is 5.51. The van der Waals surface area contributed by atoms with Gasteiger partial charge in [-0.1, -0.05) is 6.07 Å². The van der Waals surface area contributed by atoms with Crippen molar-refractivity contribution in [3.8, 4) is 0 Å². The number of aromatic nitrogens is 1. The van der Waals surface area contributed by atoms with Gasteiger partial charge >= 0.3 is 6.09 Å². The van der Waals surface area contributed by atoms with Gasteiger partial charge in [-0.15, -0.1) is 0 Å². The Hall–Kier alpha value is -1.62. The van der Waals surface area contributed by atoms with Crippen molar-refractivity contribution in [3.63, 3.8) is 0 Å². The Bertz CT molecular complexity index is 454. The van der Waals surface area contributed by atoms with E-state index < -0.39 is 5.60 Å². The van der Waals surface area contributed by atoms with E-state index >= 15 is 0 Å². The third-order valence-corrected chi connectivity index (χ3v) is 2.73. The normalized spacial score (nSPS) is 19.3. The predicted octanol–water partition coefficient (Wildman–Crippen LogP) is 1.83. The topological polar surface area (TPSA) is 68.5 Å². The fourth-order valence-electron chi connectivity index (χ4n) is 1.97. The molecular weight excluding hydrogens is 230 g/mol. The van der Waals surface area contributed by atoms with Crippen molar-refractivity contribution in [3.05, 3.63) is 29.6 Å². The molecule has 2 N–H and O–H groups in total. The number of nitrogens with two attached hydrogens (primary N) is 1. The Morgan fingerprint density at radius 1 is 1.56 bits per heavy atom. The monoisotopic (exact) mass is 249 g/mol. The molecule has 2 rings (SSSR count). The highest BCUT2D eigenvalue weighted by Crippen LogP contribution is 2.24. The number of ether oxygens (including phenoxy) is 1. The summed E-state index contributed by atoms with van der Waals surface area (Å²) in [6.07, 6.45) is 1.37. The molecule has 5 nitrogen and oxygen atoms in total. The first kappa shape index (κ1) is 12.8. The largest absolute Gasteiger partial charge is 0.444 e. The van der Waals surface area contributed by atoms with E-state index in [1.54, 1.807) is 11.1 Å². The zero-order chi connectivity index (χ0) is 13.3. The summed E-state index contributed by atoms with van der Waals surface area (Å²) in [6.45, 7) is 6.47. The van der Waals surface area contributed by atoms with Crippen LogP contribution in [0.3, 0.4) is 0 Å². The van der Waals surface area contributed by atoms with Gasteiger partial charge in [-0.2, -0.15) is 0 Å².